The summed E-state index contributed by atoms with van der Waals surface area (Å²) in [6, 6.07) is 17.3. The molecule has 2 N–H and O–H groups in total. The molecule has 2 amide bonds. The second kappa shape index (κ2) is 7.81. The van der Waals surface area contributed by atoms with Crippen LogP contribution in [-0.2, 0) is 9.47 Å². The average molecular weight is 392 g/mol. The second-order valence-electron chi connectivity index (χ2n) is 7.68. The number of hydrogen-bond acceptors (Lipinski definition) is 4. The summed E-state index contributed by atoms with van der Waals surface area (Å²) >= 11 is 0. The summed E-state index contributed by atoms with van der Waals surface area (Å²) in [5.41, 5.74) is 1.16. The van der Waals surface area contributed by atoms with Crippen LogP contribution in [0.3, 0.4) is 0 Å². The van der Waals surface area contributed by atoms with E-state index in [9.17, 15) is 9.59 Å². The standard InChI is InChI=1S/C23H24N2O4/c1-23(2)28-19-17(24-21(26)15-9-5-3-6-10-15)13-14-18(20(19)29-23)25-22(27)16-11-7-4-8-12-16/h3-14,17-20H,1-2H3,(H,24,26)(H,25,27)/t17-,18+,19+,20-. The largest absolute Gasteiger partial charge is 0.343 e. The molecule has 2 aromatic carbocycles. The highest BCUT2D eigenvalue weighted by atomic mass is 16.8. The van der Waals surface area contributed by atoms with Crippen LogP contribution in [0.25, 0.3) is 0 Å². The van der Waals surface area contributed by atoms with E-state index in [0.717, 1.165) is 0 Å². The number of hydrogen-bond donors (Lipinski definition) is 2. The summed E-state index contributed by atoms with van der Waals surface area (Å²) in [7, 11) is 0. The topological polar surface area (TPSA) is 76.7 Å². The number of benzene rings is 2. The van der Waals surface area contributed by atoms with Crippen LogP contribution in [0.15, 0.2) is 72.8 Å². The fourth-order valence-electron chi connectivity index (χ4n) is 3.74. The first-order valence-corrected chi connectivity index (χ1v) is 9.69. The zero-order valence-electron chi connectivity index (χ0n) is 16.4. The quantitative estimate of drug-likeness (QED) is 0.785. The molecule has 0 spiro atoms. The number of amides is 2. The smallest absolute Gasteiger partial charge is 0.251 e. The van der Waals surface area contributed by atoms with Crippen LogP contribution in [0.1, 0.15) is 34.6 Å². The highest BCUT2D eigenvalue weighted by molar-refractivity contribution is 5.95. The number of carbonyl (C=O) groups excluding carboxylic acids is 2. The minimum atomic E-state index is -0.813. The number of carbonyl (C=O) groups is 2. The zero-order chi connectivity index (χ0) is 20.4. The molecule has 4 rings (SSSR count). The molecule has 1 fully saturated rings. The van der Waals surface area contributed by atoms with Gasteiger partial charge in [0, 0.05) is 11.1 Å². The van der Waals surface area contributed by atoms with Crippen molar-refractivity contribution in [1.82, 2.24) is 10.6 Å². The van der Waals surface area contributed by atoms with Crippen LogP contribution in [-0.4, -0.2) is 41.9 Å². The zero-order valence-corrected chi connectivity index (χ0v) is 16.4. The average Bonchev–Trinajstić information content (AvgIpc) is 3.07. The molecule has 6 nitrogen and oxygen atoms in total. The summed E-state index contributed by atoms with van der Waals surface area (Å²) < 4.78 is 12.2. The minimum Gasteiger partial charge on any atom is -0.343 e. The van der Waals surface area contributed by atoms with E-state index < -0.39 is 18.0 Å². The fourth-order valence-corrected chi connectivity index (χ4v) is 3.74. The number of fused-ring (bicyclic) bond motifs is 1. The van der Waals surface area contributed by atoms with Crippen molar-refractivity contribution in [2.45, 2.75) is 43.9 Å². The van der Waals surface area contributed by atoms with Gasteiger partial charge in [0.05, 0.1) is 12.1 Å². The summed E-state index contributed by atoms with van der Waals surface area (Å²) in [5.74, 6) is -1.18. The molecule has 0 bridgehead atoms. The molecule has 29 heavy (non-hydrogen) atoms. The normalized spacial score (nSPS) is 27.1. The Morgan fingerprint density at radius 2 is 1.10 bits per heavy atom. The first-order chi connectivity index (χ1) is 13.9. The van der Waals surface area contributed by atoms with E-state index in [-0.39, 0.29) is 23.9 Å². The van der Waals surface area contributed by atoms with E-state index >= 15 is 0 Å². The van der Waals surface area contributed by atoms with Gasteiger partial charge in [0.25, 0.3) is 11.8 Å². The van der Waals surface area contributed by atoms with Gasteiger partial charge >= 0.3 is 0 Å². The van der Waals surface area contributed by atoms with Gasteiger partial charge in [-0.05, 0) is 38.1 Å². The number of rotatable bonds is 4. The Balaban J connectivity index is 1.52. The van der Waals surface area contributed by atoms with Gasteiger partial charge < -0.3 is 20.1 Å². The van der Waals surface area contributed by atoms with E-state index in [1.807, 2.05) is 62.4 Å². The van der Waals surface area contributed by atoms with Crippen LogP contribution in [0.2, 0.25) is 0 Å². The van der Waals surface area contributed by atoms with Crippen molar-refractivity contribution < 1.29 is 19.1 Å². The molecule has 0 unspecified atom stereocenters. The molecule has 2 aromatic rings. The van der Waals surface area contributed by atoms with Crippen molar-refractivity contribution >= 4 is 11.8 Å². The first kappa shape index (κ1) is 19.4. The van der Waals surface area contributed by atoms with Gasteiger partial charge in [0.2, 0.25) is 0 Å². The van der Waals surface area contributed by atoms with E-state index in [1.165, 1.54) is 0 Å². The highest BCUT2D eigenvalue weighted by Crippen LogP contribution is 2.35. The van der Waals surface area contributed by atoms with E-state index in [2.05, 4.69) is 10.6 Å². The molecule has 0 saturated carbocycles. The molecule has 1 aliphatic carbocycles. The van der Waals surface area contributed by atoms with Crippen molar-refractivity contribution in [3.8, 4) is 0 Å². The van der Waals surface area contributed by atoms with E-state index in [0.29, 0.717) is 11.1 Å². The van der Waals surface area contributed by atoms with Crippen LogP contribution < -0.4 is 10.6 Å². The molecule has 1 aliphatic heterocycles. The lowest BCUT2D eigenvalue weighted by Crippen LogP contribution is -2.56. The Bertz CT molecular complexity index is 837. The predicted octanol–water partition coefficient (Wildman–Crippen LogP) is 2.67. The SMILES string of the molecule is CC1(C)O[C@@H]2[C@H](O1)[C@@H](NC(=O)c1ccccc1)C=C[C@H]2NC(=O)c1ccccc1. The molecule has 0 radical (unpaired) electrons. The molecule has 6 heteroatoms. The summed E-state index contributed by atoms with van der Waals surface area (Å²) in [6.07, 6.45) is 2.90. The molecule has 4 atom stereocenters. The minimum absolute atomic E-state index is 0.181. The van der Waals surface area contributed by atoms with Crippen LogP contribution in [0.4, 0.5) is 0 Å². The summed E-state index contributed by atoms with van der Waals surface area (Å²) in [6.45, 7) is 3.66. The maximum atomic E-state index is 12.6. The van der Waals surface area contributed by atoms with Crippen molar-refractivity contribution in [1.29, 1.82) is 0 Å². The van der Waals surface area contributed by atoms with Crippen molar-refractivity contribution in [2.24, 2.45) is 0 Å². The molecule has 1 saturated heterocycles. The Kier molecular flexibility index (Phi) is 5.22. The van der Waals surface area contributed by atoms with Crippen LogP contribution in [0.5, 0.6) is 0 Å². The second-order valence-corrected chi connectivity index (χ2v) is 7.68. The van der Waals surface area contributed by atoms with Gasteiger partial charge in [-0.3, -0.25) is 9.59 Å². The lowest BCUT2D eigenvalue weighted by Gasteiger charge is -2.33. The lowest BCUT2D eigenvalue weighted by molar-refractivity contribution is -0.147. The van der Waals surface area contributed by atoms with Gasteiger partial charge in [-0.2, -0.15) is 0 Å². The van der Waals surface area contributed by atoms with Gasteiger partial charge in [-0.15, -0.1) is 0 Å². The third-order valence-corrected chi connectivity index (χ3v) is 5.06. The van der Waals surface area contributed by atoms with E-state index in [1.54, 1.807) is 24.3 Å². The van der Waals surface area contributed by atoms with Crippen molar-refractivity contribution in [3.05, 3.63) is 83.9 Å². The van der Waals surface area contributed by atoms with Gasteiger partial charge in [0.1, 0.15) is 12.2 Å². The Hall–Kier alpha value is -2.96. The third kappa shape index (κ3) is 4.23. The van der Waals surface area contributed by atoms with Crippen LogP contribution in [0, 0.1) is 0 Å². The molecular weight excluding hydrogens is 368 g/mol. The van der Waals surface area contributed by atoms with Crippen LogP contribution >= 0.6 is 0 Å². The summed E-state index contributed by atoms with van der Waals surface area (Å²) in [5, 5.41) is 6.01. The number of ether oxygens (including phenoxy) is 2. The highest BCUT2D eigenvalue weighted by Gasteiger charge is 2.50. The molecule has 2 aliphatic rings. The van der Waals surface area contributed by atoms with Gasteiger partial charge in [0.15, 0.2) is 5.79 Å². The molecule has 150 valence electrons. The van der Waals surface area contributed by atoms with Crippen molar-refractivity contribution in [2.75, 3.05) is 0 Å². The number of nitrogens with one attached hydrogen (secondary N) is 2. The molecule has 0 aromatic heterocycles. The fraction of sp³-hybridized carbons (Fsp3) is 0.304. The molecular formula is C23H24N2O4. The molecule has 1 heterocycles. The van der Waals surface area contributed by atoms with Gasteiger partial charge in [-0.25, -0.2) is 0 Å². The van der Waals surface area contributed by atoms with E-state index in [4.69, 9.17) is 9.47 Å². The maximum Gasteiger partial charge on any atom is 0.251 e. The summed E-state index contributed by atoms with van der Waals surface area (Å²) in [4.78, 5) is 25.2. The lowest BCUT2D eigenvalue weighted by atomic mass is 9.92. The Morgan fingerprint density at radius 3 is 1.48 bits per heavy atom. The third-order valence-electron chi connectivity index (χ3n) is 5.06. The monoisotopic (exact) mass is 392 g/mol. The maximum absolute atomic E-state index is 12.6. The first-order valence-electron chi connectivity index (χ1n) is 9.69. The van der Waals surface area contributed by atoms with Crippen molar-refractivity contribution in [3.63, 3.8) is 0 Å². The van der Waals surface area contributed by atoms with Gasteiger partial charge in [-0.1, -0.05) is 48.6 Å². The predicted molar refractivity (Wildman–Crippen MR) is 108 cm³/mol. The Labute approximate surface area is 169 Å². The Morgan fingerprint density at radius 1 is 0.724 bits per heavy atom.